The van der Waals surface area contributed by atoms with Crippen LogP contribution in [0.5, 0.6) is 0 Å². The predicted octanol–water partition coefficient (Wildman–Crippen LogP) is 4.50. The fourth-order valence-electron chi connectivity index (χ4n) is 3.83. The summed E-state index contributed by atoms with van der Waals surface area (Å²) in [5, 5.41) is 9.59. The molecule has 1 aromatic rings. The second kappa shape index (κ2) is 6.09. The molecule has 4 heteroatoms. The maximum Gasteiger partial charge on any atom is 0.311 e. The Labute approximate surface area is 133 Å². The quantitative estimate of drug-likeness (QED) is 0.867. The van der Waals surface area contributed by atoms with Crippen molar-refractivity contribution in [2.45, 2.75) is 62.6 Å². The number of carbonyl (C=O) groups is 1. The minimum absolute atomic E-state index is 0.0711. The van der Waals surface area contributed by atoms with Crippen molar-refractivity contribution in [2.75, 3.05) is 0 Å². The Kier molecular flexibility index (Phi) is 4.36. The number of carboxylic acid groups (broad SMARTS) is 1. The monoisotopic (exact) mass is 352 g/mol. The van der Waals surface area contributed by atoms with E-state index in [1.165, 1.54) is 12.8 Å². The van der Waals surface area contributed by atoms with Crippen LogP contribution in [-0.4, -0.2) is 22.8 Å². The zero-order valence-electron chi connectivity index (χ0n) is 12.1. The van der Waals surface area contributed by atoms with Gasteiger partial charge in [-0.15, -0.1) is 0 Å². The standard InChI is InChI=1S/C17H21BrO3/c18-15-6-2-1-5-13(15)14(16(19)20)11-12-7-10-17(21-12)8-3-4-9-17/h1-2,5-6,12,14H,3-4,7-11H2,(H,19,20). The number of benzene rings is 1. The van der Waals surface area contributed by atoms with Crippen LogP contribution >= 0.6 is 15.9 Å². The van der Waals surface area contributed by atoms with Crippen LogP contribution in [0.25, 0.3) is 0 Å². The van der Waals surface area contributed by atoms with E-state index in [-0.39, 0.29) is 11.7 Å². The summed E-state index contributed by atoms with van der Waals surface area (Å²) in [5.74, 6) is -1.26. The van der Waals surface area contributed by atoms with Crippen molar-refractivity contribution >= 4 is 21.9 Å². The molecule has 3 rings (SSSR count). The minimum Gasteiger partial charge on any atom is -0.481 e. The number of rotatable bonds is 4. The molecular weight excluding hydrogens is 332 g/mol. The summed E-state index contributed by atoms with van der Waals surface area (Å²) in [7, 11) is 0. The zero-order valence-corrected chi connectivity index (χ0v) is 13.6. The van der Waals surface area contributed by atoms with Crippen molar-refractivity contribution in [2.24, 2.45) is 0 Å². The van der Waals surface area contributed by atoms with E-state index in [4.69, 9.17) is 4.74 Å². The summed E-state index contributed by atoms with van der Waals surface area (Å²) in [6.07, 6.45) is 7.54. The normalized spacial score (nSPS) is 25.3. The van der Waals surface area contributed by atoms with E-state index in [9.17, 15) is 9.90 Å². The Balaban J connectivity index is 1.72. The first kappa shape index (κ1) is 15.0. The van der Waals surface area contributed by atoms with Gasteiger partial charge in [0.1, 0.15) is 0 Å². The lowest BCUT2D eigenvalue weighted by molar-refractivity contribution is -0.140. The maximum absolute atomic E-state index is 11.7. The zero-order chi connectivity index (χ0) is 14.9. The maximum atomic E-state index is 11.7. The van der Waals surface area contributed by atoms with E-state index in [1.807, 2.05) is 24.3 Å². The molecular formula is C17H21BrO3. The van der Waals surface area contributed by atoms with E-state index in [2.05, 4.69) is 15.9 Å². The number of halogens is 1. The first-order valence-electron chi connectivity index (χ1n) is 7.75. The van der Waals surface area contributed by atoms with E-state index in [0.29, 0.717) is 6.42 Å². The van der Waals surface area contributed by atoms with E-state index >= 15 is 0 Å². The molecule has 1 saturated heterocycles. The van der Waals surface area contributed by atoms with Gasteiger partial charge in [0.15, 0.2) is 0 Å². The number of ether oxygens (including phenoxy) is 1. The highest BCUT2D eigenvalue weighted by molar-refractivity contribution is 9.10. The fourth-order valence-corrected chi connectivity index (χ4v) is 4.39. The molecule has 1 saturated carbocycles. The summed E-state index contributed by atoms with van der Waals surface area (Å²) >= 11 is 3.47. The van der Waals surface area contributed by atoms with Gasteiger partial charge in [-0.25, -0.2) is 0 Å². The lowest BCUT2D eigenvalue weighted by Crippen LogP contribution is -2.26. The highest BCUT2D eigenvalue weighted by atomic mass is 79.9. The van der Waals surface area contributed by atoms with Gasteiger partial charge in [-0.05, 0) is 43.7 Å². The van der Waals surface area contributed by atoms with Crippen LogP contribution in [-0.2, 0) is 9.53 Å². The van der Waals surface area contributed by atoms with Gasteiger partial charge in [-0.2, -0.15) is 0 Å². The highest BCUT2D eigenvalue weighted by Crippen LogP contribution is 2.45. The smallest absolute Gasteiger partial charge is 0.311 e. The largest absolute Gasteiger partial charge is 0.481 e. The summed E-state index contributed by atoms with van der Waals surface area (Å²) in [6.45, 7) is 0. The molecule has 3 nitrogen and oxygen atoms in total. The molecule has 0 bridgehead atoms. The SMILES string of the molecule is O=C(O)C(CC1CCC2(CCCC2)O1)c1ccccc1Br. The molecule has 1 aliphatic carbocycles. The van der Waals surface area contributed by atoms with Crippen molar-refractivity contribution in [3.63, 3.8) is 0 Å². The molecule has 0 amide bonds. The van der Waals surface area contributed by atoms with Gasteiger partial charge < -0.3 is 9.84 Å². The van der Waals surface area contributed by atoms with Crippen LogP contribution < -0.4 is 0 Å². The number of hydrogen-bond donors (Lipinski definition) is 1. The second-order valence-electron chi connectivity index (χ2n) is 6.32. The average Bonchev–Trinajstić information content (AvgIpc) is 3.08. The van der Waals surface area contributed by atoms with Gasteiger partial charge in [0.2, 0.25) is 0 Å². The van der Waals surface area contributed by atoms with E-state index < -0.39 is 11.9 Å². The third-order valence-electron chi connectivity index (χ3n) is 4.93. The molecule has 2 atom stereocenters. The molecule has 114 valence electrons. The second-order valence-corrected chi connectivity index (χ2v) is 7.17. The van der Waals surface area contributed by atoms with Crippen LogP contribution in [0, 0.1) is 0 Å². The Morgan fingerprint density at radius 3 is 2.71 bits per heavy atom. The van der Waals surface area contributed by atoms with Gasteiger partial charge in [-0.3, -0.25) is 4.79 Å². The molecule has 1 spiro atoms. The predicted molar refractivity (Wildman–Crippen MR) is 84.4 cm³/mol. The lowest BCUT2D eigenvalue weighted by Gasteiger charge is -2.25. The van der Waals surface area contributed by atoms with Crippen LogP contribution in [0.3, 0.4) is 0 Å². The van der Waals surface area contributed by atoms with Crippen molar-refractivity contribution in [1.29, 1.82) is 0 Å². The summed E-state index contributed by atoms with van der Waals surface area (Å²) < 4.78 is 7.14. The van der Waals surface area contributed by atoms with E-state index in [0.717, 1.165) is 35.7 Å². The molecule has 2 unspecified atom stereocenters. The summed E-state index contributed by atoms with van der Waals surface area (Å²) in [6, 6.07) is 7.60. The summed E-state index contributed by atoms with van der Waals surface area (Å²) in [4.78, 5) is 11.7. The van der Waals surface area contributed by atoms with E-state index in [1.54, 1.807) is 0 Å². The molecule has 2 fully saturated rings. The van der Waals surface area contributed by atoms with Crippen molar-refractivity contribution < 1.29 is 14.6 Å². The Bertz CT molecular complexity index is 523. The number of carboxylic acids is 1. The Morgan fingerprint density at radius 1 is 1.33 bits per heavy atom. The van der Waals surface area contributed by atoms with Crippen molar-refractivity contribution in [3.8, 4) is 0 Å². The number of aliphatic carboxylic acids is 1. The van der Waals surface area contributed by atoms with Crippen LogP contribution in [0.15, 0.2) is 28.7 Å². The first-order chi connectivity index (χ1) is 10.1. The van der Waals surface area contributed by atoms with Gasteiger partial charge in [0, 0.05) is 4.47 Å². The van der Waals surface area contributed by atoms with Gasteiger partial charge in [0.25, 0.3) is 0 Å². The Morgan fingerprint density at radius 2 is 2.05 bits per heavy atom. The molecule has 1 N–H and O–H groups in total. The van der Waals surface area contributed by atoms with Crippen LogP contribution in [0.2, 0.25) is 0 Å². The lowest BCUT2D eigenvalue weighted by atomic mass is 9.91. The molecule has 0 radical (unpaired) electrons. The molecule has 21 heavy (non-hydrogen) atoms. The number of hydrogen-bond acceptors (Lipinski definition) is 2. The van der Waals surface area contributed by atoms with Crippen LogP contribution in [0.4, 0.5) is 0 Å². The molecule has 2 aliphatic rings. The van der Waals surface area contributed by atoms with Crippen molar-refractivity contribution in [3.05, 3.63) is 34.3 Å². The molecule has 0 aromatic heterocycles. The molecule has 1 aliphatic heterocycles. The molecule has 1 heterocycles. The third-order valence-corrected chi connectivity index (χ3v) is 5.65. The summed E-state index contributed by atoms with van der Waals surface area (Å²) in [5.41, 5.74) is 0.919. The topological polar surface area (TPSA) is 46.5 Å². The van der Waals surface area contributed by atoms with Gasteiger partial charge in [-0.1, -0.05) is 47.0 Å². The first-order valence-corrected chi connectivity index (χ1v) is 8.54. The third kappa shape index (κ3) is 3.16. The minimum atomic E-state index is -0.766. The Hall–Kier alpha value is -0.870. The fraction of sp³-hybridized carbons (Fsp3) is 0.588. The average molecular weight is 353 g/mol. The van der Waals surface area contributed by atoms with Gasteiger partial charge >= 0.3 is 5.97 Å². The van der Waals surface area contributed by atoms with Gasteiger partial charge in [0.05, 0.1) is 17.6 Å². The van der Waals surface area contributed by atoms with Crippen molar-refractivity contribution in [1.82, 2.24) is 0 Å². The highest BCUT2D eigenvalue weighted by Gasteiger charge is 2.43. The van der Waals surface area contributed by atoms with Crippen LogP contribution in [0.1, 0.15) is 56.4 Å². The molecule has 1 aromatic carbocycles.